The average Bonchev–Trinajstić information content (AvgIpc) is 3.20. The molecule has 0 saturated heterocycles. The molecule has 1 heterocycles. The first kappa shape index (κ1) is 17.1. The van der Waals surface area contributed by atoms with Gasteiger partial charge in [0.15, 0.2) is 10.7 Å². The lowest BCUT2D eigenvalue weighted by Gasteiger charge is -2.06. The molecule has 0 radical (unpaired) electrons. The summed E-state index contributed by atoms with van der Waals surface area (Å²) in [6, 6.07) is 17.0. The Morgan fingerprint density at radius 3 is 2.52 bits per heavy atom. The van der Waals surface area contributed by atoms with E-state index < -0.39 is 20.5 Å². The predicted molar refractivity (Wildman–Crippen MR) is 100 cm³/mol. The number of rotatable bonds is 3. The summed E-state index contributed by atoms with van der Waals surface area (Å²) in [6.45, 7) is 0. The van der Waals surface area contributed by atoms with Crippen LogP contribution in [0.5, 0.6) is 0 Å². The van der Waals surface area contributed by atoms with Gasteiger partial charge < -0.3 is 5.11 Å². The highest BCUT2D eigenvalue weighted by molar-refractivity contribution is 7.95. The second-order valence-electron chi connectivity index (χ2n) is 6.24. The molecule has 134 valence electrons. The number of aromatic nitrogens is 2. The predicted octanol–water partition coefficient (Wildman–Crippen LogP) is 3.22. The van der Waals surface area contributed by atoms with E-state index in [0.29, 0.717) is 12.0 Å². The Bertz CT molecular complexity index is 1230. The van der Waals surface area contributed by atoms with Gasteiger partial charge in [0.05, 0.1) is 10.6 Å². The highest BCUT2D eigenvalue weighted by Gasteiger charge is 2.32. The maximum Gasteiger partial charge on any atom is 0.220 e. The zero-order chi connectivity index (χ0) is 19.2. The zero-order valence-corrected chi connectivity index (χ0v) is 15.2. The Morgan fingerprint density at radius 1 is 1.15 bits per heavy atom. The summed E-state index contributed by atoms with van der Waals surface area (Å²) < 4.78 is 27.3. The molecule has 0 bridgehead atoms. The van der Waals surface area contributed by atoms with Gasteiger partial charge >= 0.3 is 0 Å². The lowest BCUT2D eigenvalue weighted by Crippen LogP contribution is -2.07. The monoisotopic (exact) mass is 377 g/mol. The smallest absolute Gasteiger partial charge is 0.220 e. The largest absolute Gasteiger partial charge is 0.504 e. The quantitative estimate of drug-likeness (QED) is 0.437. The minimum Gasteiger partial charge on any atom is -0.504 e. The Morgan fingerprint density at radius 2 is 1.81 bits per heavy atom. The fourth-order valence-corrected chi connectivity index (χ4v) is 4.65. The van der Waals surface area contributed by atoms with Gasteiger partial charge in [0.2, 0.25) is 9.84 Å². The number of nitriles is 1. The van der Waals surface area contributed by atoms with Crippen molar-refractivity contribution in [2.24, 2.45) is 7.05 Å². The Hall–Kier alpha value is -3.37. The normalized spacial score (nSPS) is 13.5. The molecule has 1 N–H and O–H groups in total. The number of fused-ring (bicyclic) bond motifs is 3. The summed E-state index contributed by atoms with van der Waals surface area (Å²) >= 11 is 0. The molecule has 0 unspecified atom stereocenters. The van der Waals surface area contributed by atoms with Crippen molar-refractivity contribution < 1.29 is 13.5 Å². The molecule has 7 heteroatoms. The van der Waals surface area contributed by atoms with Gasteiger partial charge in [0.1, 0.15) is 11.8 Å². The van der Waals surface area contributed by atoms with E-state index in [4.69, 9.17) is 0 Å². The van der Waals surface area contributed by atoms with Crippen LogP contribution in [0.2, 0.25) is 0 Å². The molecule has 0 saturated carbocycles. The van der Waals surface area contributed by atoms with Gasteiger partial charge in [-0.2, -0.15) is 10.4 Å². The fraction of sp³-hybridized carbons (Fsp3) is 0.100. The zero-order valence-electron chi connectivity index (χ0n) is 14.4. The first-order chi connectivity index (χ1) is 12.9. The van der Waals surface area contributed by atoms with Crippen molar-refractivity contribution in [2.75, 3.05) is 0 Å². The van der Waals surface area contributed by atoms with Crippen molar-refractivity contribution >= 4 is 15.6 Å². The van der Waals surface area contributed by atoms with Crippen LogP contribution in [0.1, 0.15) is 16.8 Å². The molecule has 27 heavy (non-hydrogen) atoms. The van der Waals surface area contributed by atoms with Gasteiger partial charge in [-0.05, 0) is 17.7 Å². The van der Waals surface area contributed by atoms with Gasteiger partial charge in [0.25, 0.3) is 0 Å². The van der Waals surface area contributed by atoms with Gasteiger partial charge in [-0.3, -0.25) is 4.68 Å². The van der Waals surface area contributed by atoms with Crippen LogP contribution in [0, 0.1) is 11.3 Å². The molecule has 6 nitrogen and oxygen atoms in total. The average molecular weight is 377 g/mol. The third kappa shape index (κ3) is 2.54. The van der Waals surface area contributed by atoms with E-state index in [9.17, 15) is 18.8 Å². The van der Waals surface area contributed by atoms with Gasteiger partial charge in [-0.1, -0.05) is 42.5 Å². The highest BCUT2D eigenvalue weighted by atomic mass is 32.2. The lowest BCUT2D eigenvalue weighted by atomic mass is 10.1. The molecule has 3 aromatic rings. The van der Waals surface area contributed by atoms with E-state index >= 15 is 0 Å². The molecule has 0 amide bonds. The number of aliphatic hydroxyl groups excluding tert-OH is 1. The number of sulfone groups is 1. The summed E-state index contributed by atoms with van der Waals surface area (Å²) in [7, 11) is -2.42. The van der Waals surface area contributed by atoms with Crippen molar-refractivity contribution in [3.63, 3.8) is 0 Å². The molecule has 0 fully saturated rings. The third-order valence-corrected chi connectivity index (χ3v) is 6.36. The van der Waals surface area contributed by atoms with Crippen LogP contribution in [0.4, 0.5) is 0 Å². The van der Waals surface area contributed by atoms with Crippen molar-refractivity contribution in [1.82, 2.24) is 9.78 Å². The second-order valence-corrected chi connectivity index (χ2v) is 8.13. The maximum absolute atomic E-state index is 12.8. The minimum atomic E-state index is -4.15. The van der Waals surface area contributed by atoms with Gasteiger partial charge in [-0.15, -0.1) is 0 Å². The van der Waals surface area contributed by atoms with E-state index in [1.54, 1.807) is 36.0 Å². The number of aliphatic hydroxyl groups is 1. The Labute approximate surface area is 156 Å². The molecule has 1 aliphatic rings. The summed E-state index contributed by atoms with van der Waals surface area (Å²) in [6.07, 6.45) is 0.517. The summed E-state index contributed by atoms with van der Waals surface area (Å²) in [5, 5.41) is 24.5. The van der Waals surface area contributed by atoms with Crippen LogP contribution in [0.25, 0.3) is 17.0 Å². The second kappa shape index (κ2) is 6.11. The summed E-state index contributed by atoms with van der Waals surface area (Å²) in [5.41, 5.74) is 3.72. The van der Waals surface area contributed by atoms with Crippen LogP contribution in [-0.2, 0) is 23.3 Å². The molecular formula is C20H15N3O3S. The van der Waals surface area contributed by atoms with Crippen molar-refractivity contribution in [2.45, 2.75) is 11.3 Å². The standard InChI is InChI=1S/C20H15N3O3S/c1-23-19-15-10-6-5-7-13(15)11-16(19)18(22-23)20(24)17(12-21)27(25,26)14-8-3-2-4-9-14/h2-10,24H,11H2,1H3. The van der Waals surface area contributed by atoms with Crippen LogP contribution >= 0.6 is 0 Å². The first-order valence-electron chi connectivity index (χ1n) is 8.23. The molecule has 1 aliphatic carbocycles. The van der Waals surface area contributed by atoms with Crippen LogP contribution < -0.4 is 0 Å². The number of benzene rings is 2. The number of nitrogens with zero attached hydrogens (tertiary/aromatic N) is 3. The first-order valence-corrected chi connectivity index (χ1v) is 9.71. The molecule has 0 atom stereocenters. The molecule has 4 rings (SSSR count). The Kier molecular flexibility index (Phi) is 3.86. The number of allylic oxidation sites excluding steroid dienone is 1. The van der Waals surface area contributed by atoms with Crippen molar-refractivity contribution in [3.8, 4) is 17.3 Å². The topological polar surface area (TPSA) is 96.0 Å². The van der Waals surface area contributed by atoms with Crippen molar-refractivity contribution in [3.05, 3.63) is 76.3 Å². The molecular weight excluding hydrogens is 362 g/mol. The van der Waals surface area contributed by atoms with E-state index in [0.717, 1.165) is 16.8 Å². The number of hydrogen-bond acceptors (Lipinski definition) is 5. The molecule has 2 aromatic carbocycles. The van der Waals surface area contributed by atoms with Crippen LogP contribution in [0.3, 0.4) is 0 Å². The SMILES string of the molecule is Cn1nc(C(O)=C(C#N)S(=O)(=O)c2ccccc2)c2c1-c1ccccc1C2. The van der Waals surface area contributed by atoms with E-state index in [2.05, 4.69) is 5.10 Å². The van der Waals surface area contributed by atoms with E-state index in [1.165, 1.54) is 12.1 Å². The number of hydrogen-bond donors (Lipinski definition) is 1. The summed E-state index contributed by atoms with van der Waals surface area (Å²) in [5.74, 6) is -0.619. The summed E-state index contributed by atoms with van der Waals surface area (Å²) in [4.78, 5) is -0.755. The van der Waals surface area contributed by atoms with Crippen molar-refractivity contribution in [1.29, 1.82) is 5.26 Å². The Balaban J connectivity index is 1.91. The number of aryl methyl sites for hydroxylation is 1. The van der Waals surface area contributed by atoms with Gasteiger partial charge in [0, 0.05) is 24.6 Å². The van der Waals surface area contributed by atoms with E-state index in [1.807, 2.05) is 24.3 Å². The van der Waals surface area contributed by atoms with Gasteiger partial charge in [-0.25, -0.2) is 8.42 Å². The molecule has 0 aliphatic heterocycles. The minimum absolute atomic E-state index is 0.0519. The fourth-order valence-electron chi connectivity index (χ4n) is 3.42. The van der Waals surface area contributed by atoms with E-state index in [-0.39, 0.29) is 10.6 Å². The maximum atomic E-state index is 12.8. The lowest BCUT2D eigenvalue weighted by molar-refractivity contribution is 0.503. The van der Waals surface area contributed by atoms with Crippen LogP contribution in [-0.4, -0.2) is 23.3 Å². The van der Waals surface area contributed by atoms with Crippen LogP contribution in [0.15, 0.2) is 64.4 Å². The highest BCUT2D eigenvalue weighted by Crippen LogP contribution is 2.40. The molecule has 1 aromatic heterocycles. The third-order valence-electron chi connectivity index (χ3n) is 4.65. The molecule has 0 spiro atoms.